The van der Waals surface area contributed by atoms with Crippen LogP contribution in [0.4, 0.5) is 0 Å². The van der Waals surface area contributed by atoms with E-state index >= 15 is 0 Å². The SMILES string of the molecule is C=C(C)C1=CCCC=C1.CC.CN(O)O.Cc1cccc2cccc(C)c12. The van der Waals surface area contributed by atoms with E-state index in [1.54, 1.807) is 0 Å². The molecule has 148 valence electrons. The number of nitrogens with zero attached hydrogens (tertiary/aromatic N) is 1. The molecule has 0 atom stereocenters. The maximum absolute atomic E-state index is 7.44. The summed E-state index contributed by atoms with van der Waals surface area (Å²) in [7, 11) is 1.11. The predicted molar refractivity (Wildman–Crippen MR) is 117 cm³/mol. The molecule has 0 spiro atoms. The minimum absolute atomic E-state index is 0. The van der Waals surface area contributed by atoms with Crippen molar-refractivity contribution in [2.45, 2.75) is 47.5 Å². The number of benzene rings is 2. The number of hydrogen-bond donors (Lipinski definition) is 2. The van der Waals surface area contributed by atoms with Crippen molar-refractivity contribution in [2.24, 2.45) is 0 Å². The van der Waals surface area contributed by atoms with E-state index in [0.717, 1.165) is 7.05 Å². The van der Waals surface area contributed by atoms with Crippen molar-refractivity contribution in [3.8, 4) is 0 Å². The fourth-order valence-corrected chi connectivity index (χ4v) is 2.68. The smallest absolute Gasteiger partial charge is 0.0400 e. The molecule has 2 aromatic carbocycles. The van der Waals surface area contributed by atoms with Gasteiger partial charge in [0, 0.05) is 7.05 Å². The molecule has 27 heavy (non-hydrogen) atoms. The van der Waals surface area contributed by atoms with Crippen LogP contribution in [0.1, 0.15) is 44.7 Å². The van der Waals surface area contributed by atoms with Crippen molar-refractivity contribution >= 4 is 10.8 Å². The summed E-state index contributed by atoms with van der Waals surface area (Å²) < 4.78 is 0. The van der Waals surface area contributed by atoms with E-state index in [4.69, 9.17) is 10.4 Å². The van der Waals surface area contributed by atoms with Crippen molar-refractivity contribution < 1.29 is 10.4 Å². The average molecular weight is 370 g/mol. The molecule has 2 N–H and O–H groups in total. The van der Waals surface area contributed by atoms with Crippen LogP contribution in [-0.4, -0.2) is 22.7 Å². The molecule has 0 heterocycles. The highest BCUT2D eigenvalue weighted by molar-refractivity contribution is 5.88. The van der Waals surface area contributed by atoms with Crippen LogP contribution in [0.3, 0.4) is 0 Å². The molecule has 0 fully saturated rings. The molecule has 0 amide bonds. The molecule has 3 rings (SSSR count). The monoisotopic (exact) mass is 369 g/mol. The lowest BCUT2D eigenvalue weighted by Gasteiger charge is -2.04. The number of fused-ring (bicyclic) bond motifs is 1. The Labute approximate surface area is 164 Å². The van der Waals surface area contributed by atoms with Gasteiger partial charge in [0.15, 0.2) is 0 Å². The summed E-state index contributed by atoms with van der Waals surface area (Å²) in [5.74, 6) is 0. The van der Waals surface area contributed by atoms with Crippen LogP contribution in [-0.2, 0) is 0 Å². The van der Waals surface area contributed by atoms with Gasteiger partial charge in [-0.25, -0.2) is 0 Å². The minimum atomic E-state index is 0. The van der Waals surface area contributed by atoms with Crippen LogP contribution in [0.15, 0.2) is 72.4 Å². The Morgan fingerprint density at radius 3 is 1.74 bits per heavy atom. The maximum Gasteiger partial charge on any atom is 0.0400 e. The third kappa shape index (κ3) is 9.90. The number of hydrogen-bond acceptors (Lipinski definition) is 3. The van der Waals surface area contributed by atoms with E-state index in [1.165, 1.54) is 45.9 Å². The van der Waals surface area contributed by atoms with Gasteiger partial charge in [0.1, 0.15) is 0 Å². The normalized spacial score (nSPS) is 12.0. The molecule has 1 aliphatic rings. The van der Waals surface area contributed by atoms with Crippen LogP contribution >= 0.6 is 0 Å². The van der Waals surface area contributed by atoms with Crippen molar-refractivity contribution in [3.63, 3.8) is 0 Å². The van der Waals surface area contributed by atoms with Gasteiger partial charge in [-0.1, -0.05) is 85.9 Å². The highest BCUT2D eigenvalue weighted by Crippen LogP contribution is 2.21. The highest BCUT2D eigenvalue weighted by Gasteiger charge is 1.97. The molecule has 0 saturated heterocycles. The Bertz CT molecular complexity index is 719. The van der Waals surface area contributed by atoms with Gasteiger partial charge < -0.3 is 0 Å². The van der Waals surface area contributed by atoms with Crippen molar-refractivity contribution in [1.82, 2.24) is 5.23 Å². The van der Waals surface area contributed by atoms with E-state index in [2.05, 4.69) is 75.1 Å². The molecule has 2 aromatic rings. The van der Waals surface area contributed by atoms with E-state index in [-0.39, 0.29) is 5.23 Å². The topological polar surface area (TPSA) is 43.7 Å². The first-order valence-corrected chi connectivity index (χ1v) is 9.42. The molecule has 0 radical (unpaired) electrons. The molecular formula is C24H35NO2. The molecule has 3 nitrogen and oxygen atoms in total. The number of hydroxylamine groups is 2. The number of allylic oxidation sites excluding steroid dienone is 5. The Hall–Kier alpha value is -2.20. The Balaban J connectivity index is 0.000000400. The van der Waals surface area contributed by atoms with E-state index in [9.17, 15) is 0 Å². The van der Waals surface area contributed by atoms with Gasteiger partial charge in [0.05, 0.1) is 0 Å². The lowest BCUT2D eigenvalue weighted by atomic mass is 10.0. The first kappa shape index (κ1) is 24.8. The van der Waals surface area contributed by atoms with Crippen LogP contribution in [0.25, 0.3) is 10.8 Å². The first-order chi connectivity index (χ1) is 12.8. The second-order valence-corrected chi connectivity index (χ2v) is 6.16. The van der Waals surface area contributed by atoms with Gasteiger partial charge in [-0.05, 0) is 61.1 Å². The van der Waals surface area contributed by atoms with Crippen molar-refractivity contribution in [3.05, 3.63) is 83.5 Å². The van der Waals surface area contributed by atoms with Gasteiger partial charge in [-0.15, -0.1) is 0 Å². The lowest BCUT2D eigenvalue weighted by molar-refractivity contribution is -0.287. The molecule has 0 unspecified atom stereocenters. The van der Waals surface area contributed by atoms with Gasteiger partial charge in [0.2, 0.25) is 0 Å². The summed E-state index contributed by atoms with van der Waals surface area (Å²) in [6.45, 7) is 14.2. The number of aryl methyl sites for hydroxylation is 2. The summed E-state index contributed by atoms with van der Waals surface area (Å²) in [4.78, 5) is 0. The fraction of sp³-hybridized carbons (Fsp3) is 0.333. The lowest BCUT2D eigenvalue weighted by Crippen LogP contribution is -2.02. The van der Waals surface area contributed by atoms with Crippen molar-refractivity contribution in [2.75, 3.05) is 7.05 Å². The zero-order chi connectivity index (χ0) is 20.8. The summed E-state index contributed by atoms with van der Waals surface area (Å²) in [6.07, 6.45) is 8.95. The first-order valence-electron chi connectivity index (χ1n) is 9.42. The standard InChI is InChI=1S/C12H12.C9H12.C2H6.CH5NO2/c1-9-5-3-7-11-8-4-6-10(2)12(9)11;1-8(2)9-6-4-3-5-7-9;1-2;1-2(3)4/h3-8H,1-2H3;4,6-7H,1,3,5H2,2H3;1-2H3;3-4H,1H3. The summed E-state index contributed by atoms with van der Waals surface area (Å²) in [5, 5.41) is 17.6. The van der Waals surface area contributed by atoms with E-state index < -0.39 is 0 Å². The minimum Gasteiger partial charge on any atom is -0.290 e. The van der Waals surface area contributed by atoms with Crippen LogP contribution in [0.2, 0.25) is 0 Å². The average Bonchev–Trinajstić information content (AvgIpc) is 2.64. The third-order valence-electron chi connectivity index (χ3n) is 3.81. The largest absolute Gasteiger partial charge is 0.290 e. The Morgan fingerprint density at radius 2 is 1.44 bits per heavy atom. The highest BCUT2D eigenvalue weighted by atomic mass is 16.8. The zero-order valence-electron chi connectivity index (χ0n) is 17.7. The summed E-state index contributed by atoms with van der Waals surface area (Å²) in [5.41, 5.74) is 5.21. The summed E-state index contributed by atoms with van der Waals surface area (Å²) >= 11 is 0. The second-order valence-electron chi connectivity index (χ2n) is 6.16. The number of rotatable bonds is 1. The van der Waals surface area contributed by atoms with E-state index in [0.29, 0.717) is 0 Å². The molecule has 0 bridgehead atoms. The summed E-state index contributed by atoms with van der Waals surface area (Å²) in [6, 6.07) is 12.9. The van der Waals surface area contributed by atoms with E-state index in [1.807, 2.05) is 20.8 Å². The molecule has 3 heteroatoms. The van der Waals surface area contributed by atoms with Crippen LogP contribution in [0, 0.1) is 13.8 Å². The Kier molecular flexibility index (Phi) is 12.8. The van der Waals surface area contributed by atoms with Crippen LogP contribution < -0.4 is 0 Å². The van der Waals surface area contributed by atoms with Gasteiger partial charge >= 0.3 is 0 Å². The molecule has 0 aromatic heterocycles. The maximum atomic E-state index is 7.44. The van der Waals surface area contributed by atoms with Gasteiger partial charge in [-0.2, -0.15) is 0 Å². The van der Waals surface area contributed by atoms with Crippen LogP contribution in [0.5, 0.6) is 0 Å². The Morgan fingerprint density at radius 1 is 0.963 bits per heavy atom. The predicted octanol–water partition coefficient (Wildman–Crippen LogP) is 7.02. The molecule has 1 aliphatic carbocycles. The molecule has 0 aliphatic heterocycles. The van der Waals surface area contributed by atoms with Crippen molar-refractivity contribution in [1.29, 1.82) is 0 Å². The zero-order valence-corrected chi connectivity index (χ0v) is 17.7. The quantitative estimate of drug-likeness (QED) is 0.531. The molecular weight excluding hydrogens is 334 g/mol. The fourth-order valence-electron chi connectivity index (χ4n) is 2.68. The molecule has 0 saturated carbocycles. The van der Waals surface area contributed by atoms with Gasteiger partial charge in [0.25, 0.3) is 0 Å². The van der Waals surface area contributed by atoms with Gasteiger partial charge in [-0.3, -0.25) is 10.4 Å². The second kappa shape index (κ2) is 13.9. The third-order valence-corrected chi connectivity index (χ3v) is 3.81.